The van der Waals surface area contributed by atoms with E-state index in [1.807, 2.05) is 0 Å². The topological polar surface area (TPSA) is 0 Å². The van der Waals surface area contributed by atoms with E-state index in [9.17, 15) is 0 Å². The Kier molecular flexibility index (Phi) is 3.63. The fourth-order valence-electron chi connectivity index (χ4n) is 5.97. The highest BCUT2D eigenvalue weighted by Gasteiger charge is 2.31. The Balaban J connectivity index is 1.32. The van der Waals surface area contributed by atoms with Crippen LogP contribution in [0.4, 0.5) is 0 Å². The van der Waals surface area contributed by atoms with Crippen molar-refractivity contribution in [1.29, 1.82) is 0 Å². The third kappa shape index (κ3) is 2.37. The summed E-state index contributed by atoms with van der Waals surface area (Å²) in [4.78, 5) is 0. The fourth-order valence-corrected chi connectivity index (χ4v) is 5.97. The highest BCUT2D eigenvalue weighted by molar-refractivity contribution is 5.78. The average molecular weight is 363 g/mol. The van der Waals surface area contributed by atoms with Crippen LogP contribution in [0.1, 0.15) is 71.4 Å². The van der Waals surface area contributed by atoms with Crippen LogP contribution in [0.2, 0.25) is 0 Å². The second kappa shape index (κ2) is 6.21. The number of benzene rings is 3. The third-order valence-corrected chi connectivity index (χ3v) is 7.31. The first-order valence-corrected chi connectivity index (χ1v) is 10.8. The maximum Gasteiger partial charge on any atom is 0.0102 e. The van der Waals surface area contributed by atoms with Crippen molar-refractivity contribution in [3.63, 3.8) is 0 Å². The van der Waals surface area contributed by atoms with Crippen LogP contribution in [-0.4, -0.2) is 0 Å². The lowest BCUT2D eigenvalue weighted by Crippen LogP contribution is -2.03. The van der Waals surface area contributed by atoms with Crippen molar-refractivity contribution in [2.75, 3.05) is 0 Å². The minimum atomic E-state index is 0.540. The Bertz CT molecular complexity index is 1070. The van der Waals surface area contributed by atoms with Crippen LogP contribution < -0.4 is 0 Å². The second-order valence-corrected chi connectivity index (χ2v) is 8.85. The molecule has 0 unspecified atom stereocenters. The van der Waals surface area contributed by atoms with Crippen LogP contribution in [0.25, 0.3) is 17.2 Å². The fraction of sp³-hybridized carbons (Fsp3) is 0.286. The lowest BCUT2D eigenvalue weighted by atomic mass is 9.84. The van der Waals surface area contributed by atoms with Gasteiger partial charge in [-0.2, -0.15) is 0 Å². The van der Waals surface area contributed by atoms with E-state index in [4.69, 9.17) is 0 Å². The Morgan fingerprint density at radius 1 is 0.714 bits per heavy atom. The van der Waals surface area contributed by atoms with Gasteiger partial charge in [0.05, 0.1) is 0 Å². The van der Waals surface area contributed by atoms with E-state index in [0.29, 0.717) is 11.8 Å². The van der Waals surface area contributed by atoms with Crippen LogP contribution in [0.15, 0.2) is 66.2 Å². The molecule has 6 rings (SSSR count). The second-order valence-electron chi connectivity index (χ2n) is 8.85. The molecule has 0 bridgehead atoms. The van der Waals surface area contributed by atoms with Gasteiger partial charge in [0.15, 0.2) is 0 Å². The van der Waals surface area contributed by atoms with Crippen molar-refractivity contribution in [2.24, 2.45) is 0 Å². The van der Waals surface area contributed by atoms with Crippen LogP contribution in [-0.2, 0) is 12.8 Å². The van der Waals surface area contributed by atoms with Crippen molar-refractivity contribution in [1.82, 2.24) is 0 Å². The predicted octanol–water partition coefficient (Wildman–Crippen LogP) is 7.27. The van der Waals surface area contributed by atoms with Gasteiger partial charge in [-0.25, -0.2) is 0 Å². The predicted molar refractivity (Wildman–Crippen MR) is 118 cm³/mol. The van der Waals surface area contributed by atoms with Gasteiger partial charge in [0.25, 0.3) is 0 Å². The smallest absolute Gasteiger partial charge is 0.0102 e. The number of rotatable bonds is 3. The van der Waals surface area contributed by atoms with E-state index in [2.05, 4.69) is 73.7 Å². The molecule has 0 fully saturated rings. The van der Waals surface area contributed by atoms with E-state index in [-0.39, 0.29) is 0 Å². The molecule has 28 heavy (non-hydrogen) atoms. The number of aryl methyl sites for hydroxylation is 2. The van der Waals surface area contributed by atoms with Gasteiger partial charge in [-0.1, -0.05) is 72.3 Å². The summed E-state index contributed by atoms with van der Waals surface area (Å²) >= 11 is 0. The number of allylic oxidation sites excluding steroid dienone is 1. The third-order valence-electron chi connectivity index (χ3n) is 7.31. The molecule has 3 aromatic carbocycles. The maximum absolute atomic E-state index is 2.55. The molecule has 3 aliphatic carbocycles. The van der Waals surface area contributed by atoms with Gasteiger partial charge in [0.2, 0.25) is 0 Å². The molecule has 0 aromatic heterocycles. The first kappa shape index (κ1) is 16.4. The molecule has 0 aliphatic heterocycles. The largest absolute Gasteiger partial charge is 0.0652 e. The quantitative estimate of drug-likeness (QED) is 0.459. The summed E-state index contributed by atoms with van der Waals surface area (Å²) in [6, 6.07) is 23.1. The van der Waals surface area contributed by atoms with E-state index < -0.39 is 0 Å². The van der Waals surface area contributed by atoms with E-state index >= 15 is 0 Å². The van der Waals surface area contributed by atoms with Crippen LogP contribution in [0.5, 0.6) is 0 Å². The molecule has 3 aliphatic rings. The minimum Gasteiger partial charge on any atom is -0.0652 e. The zero-order valence-electron chi connectivity index (χ0n) is 16.5. The van der Waals surface area contributed by atoms with E-state index in [1.54, 1.807) is 22.3 Å². The van der Waals surface area contributed by atoms with E-state index in [0.717, 1.165) is 0 Å². The molecule has 1 atom stereocenters. The average Bonchev–Trinajstić information content (AvgIpc) is 3.38. The first-order valence-electron chi connectivity index (χ1n) is 10.8. The molecule has 0 saturated heterocycles. The Hall–Kier alpha value is -2.60. The molecular formula is C28H26. The molecule has 0 spiro atoms. The summed E-state index contributed by atoms with van der Waals surface area (Å²) in [7, 11) is 0. The summed E-state index contributed by atoms with van der Waals surface area (Å²) in [5.41, 5.74) is 13.8. The summed E-state index contributed by atoms with van der Waals surface area (Å²) in [5.74, 6) is 1.14. The number of hydrogen-bond acceptors (Lipinski definition) is 0. The Morgan fingerprint density at radius 3 is 2.04 bits per heavy atom. The lowest BCUT2D eigenvalue weighted by Gasteiger charge is -2.20. The zero-order valence-corrected chi connectivity index (χ0v) is 16.5. The molecular weight excluding hydrogens is 336 g/mol. The molecule has 0 amide bonds. The molecule has 0 heteroatoms. The molecule has 0 radical (unpaired) electrons. The van der Waals surface area contributed by atoms with Crippen LogP contribution in [0, 0.1) is 0 Å². The molecule has 3 aromatic rings. The monoisotopic (exact) mass is 362 g/mol. The normalized spacial score (nSPS) is 19.2. The van der Waals surface area contributed by atoms with Crippen LogP contribution in [0.3, 0.4) is 0 Å². The van der Waals surface area contributed by atoms with E-state index in [1.165, 1.54) is 59.9 Å². The van der Waals surface area contributed by atoms with Crippen molar-refractivity contribution in [3.8, 4) is 11.1 Å². The standard InChI is InChI=1S/C28H26/c1-18-15-21-16-19-7-6-8-20(19)17-28(21)22(18)13-14-27-25-11-4-2-9-23(25)24-10-3-5-12-26(24)27/h2-5,9-12,15-17,22,27H,6-8,13-14H2,1H3/t22-/m1/s1. The summed E-state index contributed by atoms with van der Waals surface area (Å²) < 4.78 is 0. The highest BCUT2D eigenvalue weighted by Crippen LogP contribution is 2.49. The van der Waals surface area contributed by atoms with Gasteiger partial charge in [-0.05, 0) is 83.5 Å². The molecule has 0 nitrogen and oxygen atoms in total. The maximum atomic E-state index is 2.55. The van der Waals surface area contributed by atoms with Gasteiger partial charge in [-0.3, -0.25) is 0 Å². The number of fused-ring (bicyclic) bond motifs is 5. The van der Waals surface area contributed by atoms with Crippen molar-refractivity contribution in [3.05, 3.63) is 99.6 Å². The minimum absolute atomic E-state index is 0.540. The Morgan fingerprint density at radius 2 is 1.32 bits per heavy atom. The van der Waals surface area contributed by atoms with Gasteiger partial charge < -0.3 is 0 Å². The number of hydrogen-bond donors (Lipinski definition) is 0. The molecule has 0 N–H and O–H groups in total. The molecule has 138 valence electrons. The van der Waals surface area contributed by atoms with Crippen molar-refractivity contribution >= 4 is 6.08 Å². The Labute approximate surface area is 167 Å². The summed E-state index contributed by atoms with van der Waals surface area (Å²) in [6.45, 7) is 2.34. The highest BCUT2D eigenvalue weighted by atomic mass is 14.3. The van der Waals surface area contributed by atoms with Gasteiger partial charge in [0, 0.05) is 11.8 Å². The van der Waals surface area contributed by atoms with Crippen LogP contribution >= 0.6 is 0 Å². The zero-order chi connectivity index (χ0) is 18.7. The SMILES string of the molecule is CC1=Cc2cc3c(cc2[C@@H]1CCC1c2ccccc2-c2ccccc21)CCC3. The summed E-state index contributed by atoms with van der Waals surface area (Å²) in [5, 5.41) is 0. The molecule has 0 heterocycles. The van der Waals surface area contributed by atoms with Gasteiger partial charge >= 0.3 is 0 Å². The van der Waals surface area contributed by atoms with Crippen molar-refractivity contribution in [2.45, 2.75) is 50.9 Å². The van der Waals surface area contributed by atoms with Gasteiger partial charge in [-0.15, -0.1) is 0 Å². The lowest BCUT2D eigenvalue weighted by molar-refractivity contribution is 0.618. The molecule has 0 saturated carbocycles. The van der Waals surface area contributed by atoms with Crippen molar-refractivity contribution < 1.29 is 0 Å². The van der Waals surface area contributed by atoms with Gasteiger partial charge in [0.1, 0.15) is 0 Å². The first-order chi connectivity index (χ1) is 13.8. The summed E-state index contributed by atoms with van der Waals surface area (Å²) in [6.07, 6.45) is 8.80.